The van der Waals surface area contributed by atoms with E-state index in [0.29, 0.717) is 16.8 Å². The molecule has 140 valence electrons. The van der Waals surface area contributed by atoms with Gasteiger partial charge in [-0.2, -0.15) is 0 Å². The van der Waals surface area contributed by atoms with Crippen molar-refractivity contribution in [2.24, 2.45) is 0 Å². The van der Waals surface area contributed by atoms with E-state index in [2.05, 4.69) is 10.4 Å². The molecule has 2 aromatic heterocycles. The van der Waals surface area contributed by atoms with Crippen LogP contribution in [0, 0.1) is 0 Å². The number of nitrogens with one attached hydrogen (secondary N) is 1. The number of thiophene rings is 1. The molecule has 9 heteroatoms. The van der Waals surface area contributed by atoms with E-state index in [1.54, 1.807) is 13.2 Å². The van der Waals surface area contributed by atoms with Gasteiger partial charge in [-0.15, -0.1) is 15.8 Å². The molecule has 0 aliphatic carbocycles. The number of pyridine rings is 1. The molecular formula is C18H16ClN3O3S2. The number of methoxy groups -OCH3 is 1. The highest BCUT2D eigenvalue weighted by atomic mass is 35.5. The molecule has 0 unspecified atom stereocenters. The third-order valence-electron chi connectivity index (χ3n) is 4.28. The molecule has 0 radical (unpaired) electrons. The van der Waals surface area contributed by atoms with E-state index < -0.39 is 16.1 Å². The van der Waals surface area contributed by atoms with Crippen molar-refractivity contribution < 1.29 is 13.2 Å². The summed E-state index contributed by atoms with van der Waals surface area (Å²) in [6.07, 6.45) is 3.01. The van der Waals surface area contributed by atoms with Gasteiger partial charge in [-0.05, 0) is 35.7 Å². The lowest BCUT2D eigenvalue weighted by molar-refractivity contribution is 0.351. The van der Waals surface area contributed by atoms with E-state index in [-0.39, 0.29) is 5.15 Å². The van der Waals surface area contributed by atoms with Gasteiger partial charge < -0.3 is 10.2 Å². The van der Waals surface area contributed by atoms with E-state index in [1.165, 1.54) is 15.8 Å². The van der Waals surface area contributed by atoms with Gasteiger partial charge in [-0.1, -0.05) is 17.7 Å². The molecule has 27 heavy (non-hydrogen) atoms. The third kappa shape index (κ3) is 3.41. The highest BCUT2D eigenvalue weighted by molar-refractivity contribution is 7.88. The van der Waals surface area contributed by atoms with Gasteiger partial charge in [0.25, 0.3) is 0 Å². The first-order valence-electron chi connectivity index (χ1n) is 8.03. The molecule has 1 aliphatic heterocycles. The quantitative estimate of drug-likeness (QED) is 0.648. The molecule has 1 aromatic carbocycles. The fourth-order valence-electron chi connectivity index (χ4n) is 3.00. The van der Waals surface area contributed by atoms with Crippen LogP contribution < -0.4 is 10.2 Å². The minimum Gasteiger partial charge on any atom is -0.497 e. The molecule has 3 heterocycles. The summed E-state index contributed by atoms with van der Waals surface area (Å²) in [5, 5.41) is 3.04. The van der Waals surface area contributed by atoms with Gasteiger partial charge >= 0.3 is 0 Å². The van der Waals surface area contributed by atoms with Crippen LogP contribution in [0.1, 0.15) is 16.5 Å². The summed E-state index contributed by atoms with van der Waals surface area (Å²) < 4.78 is 31.1. The Morgan fingerprint density at radius 3 is 2.78 bits per heavy atom. The lowest BCUT2D eigenvalue weighted by Crippen LogP contribution is -2.38. The van der Waals surface area contributed by atoms with E-state index >= 15 is 0 Å². The molecule has 4 rings (SSSR count). The van der Waals surface area contributed by atoms with Crippen molar-refractivity contribution in [1.82, 2.24) is 14.8 Å². The number of hydrogen-bond donors (Lipinski definition) is 1. The number of benzene rings is 1. The SMILES string of the molecule is COc1ccc2cc([C@@H]3C=C(c4cccs4)NN3S(C)(=O)=O)c(Cl)nc2c1. The van der Waals surface area contributed by atoms with Gasteiger partial charge in [0, 0.05) is 17.0 Å². The van der Waals surface area contributed by atoms with Crippen LogP contribution in [0.4, 0.5) is 0 Å². The molecule has 3 aromatic rings. The van der Waals surface area contributed by atoms with Crippen LogP contribution in [0.25, 0.3) is 16.6 Å². The summed E-state index contributed by atoms with van der Waals surface area (Å²) >= 11 is 7.97. The molecule has 1 N–H and O–H groups in total. The minimum absolute atomic E-state index is 0.250. The zero-order valence-corrected chi connectivity index (χ0v) is 16.9. The summed E-state index contributed by atoms with van der Waals surface area (Å²) in [5.74, 6) is 0.680. The van der Waals surface area contributed by atoms with Crippen LogP contribution in [-0.4, -0.2) is 31.2 Å². The van der Waals surface area contributed by atoms with Crippen molar-refractivity contribution in [3.63, 3.8) is 0 Å². The topological polar surface area (TPSA) is 71.5 Å². The maximum atomic E-state index is 12.3. The normalized spacial score (nSPS) is 17.7. The van der Waals surface area contributed by atoms with Crippen LogP contribution in [-0.2, 0) is 10.0 Å². The van der Waals surface area contributed by atoms with E-state index in [0.717, 1.165) is 22.2 Å². The smallest absolute Gasteiger partial charge is 0.228 e. The molecule has 1 aliphatic rings. The molecule has 6 nitrogen and oxygen atoms in total. The maximum absolute atomic E-state index is 12.3. The molecule has 0 amide bonds. The van der Waals surface area contributed by atoms with Crippen molar-refractivity contribution in [3.05, 3.63) is 63.4 Å². The number of rotatable bonds is 4. The number of ether oxygens (including phenoxy) is 1. The number of halogens is 1. The fraction of sp³-hybridized carbons (Fsp3) is 0.167. The second kappa shape index (κ2) is 6.79. The average molecular weight is 422 g/mol. The minimum atomic E-state index is -3.54. The molecule has 0 saturated carbocycles. The number of aromatic nitrogens is 1. The predicted molar refractivity (Wildman–Crippen MR) is 108 cm³/mol. The van der Waals surface area contributed by atoms with Crippen LogP contribution in [0.3, 0.4) is 0 Å². The number of fused-ring (bicyclic) bond motifs is 1. The molecular weight excluding hydrogens is 406 g/mol. The van der Waals surface area contributed by atoms with Crippen LogP contribution in [0.2, 0.25) is 5.15 Å². The Morgan fingerprint density at radius 1 is 1.30 bits per heavy atom. The summed E-state index contributed by atoms with van der Waals surface area (Å²) in [7, 11) is -1.95. The Kier molecular flexibility index (Phi) is 4.59. The summed E-state index contributed by atoms with van der Waals surface area (Å²) in [6.45, 7) is 0. The Hall–Kier alpha value is -2.13. The van der Waals surface area contributed by atoms with E-state index in [4.69, 9.17) is 16.3 Å². The second-order valence-electron chi connectivity index (χ2n) is 6.10. The largest absolute Gasteiger partial charge is 0.497 e. The highest BCUT2D eigenvalue weighted by Gasteiger charge is 2.35. The van der Waals surface area contributed by atoms with Gasteiger partial charge in [-0.25, -0.2) is 13.4 Å². The first-order valence-corrected chi connectivity index (χ1v) is 11.1. The zero-order valence-electron chi connectivity index (χ0n) is 14.5. The van der Waals surface area contributed by atoms with Gasteiger partial charge in [-0.3, -0.25) is 0 Å². The standard InChI is InChI=1S/C18H16ClN3O3S2/c1-25-12-6-5-11-8-13(18(19)20-14(11)9-12)16-10-15(17-4-3-7-26-17)21-22(16)27(2,23)24/h3-10,16,21H,1-2H3/t16-/m0/s1. The Bertz CT molecular complexity index is 1140. The first-order chi connectivity index (χ1) is 12.9. The second-order valence-corrected chi connectivity index (χ2v) is 9.27. The van der Waals surface area contributed by atoms with Crippen LogP contribution >= 0.6 is 22.9 Å². The number of hydrazine groups is 1. The molecule has 0 spiro atoms. The van der Waals surface area contributed by atoms with Crippen molar-refractivity contribution >= 4 is 49.6 Å². The van der Waals surface area contributed by atoms with Gasteiger partial charge in [0.05, 0.1) is 35.5 Å². The Balaban J connectivity index is 1.84. The first kappa shape index (κ1) is 18.2. The van der Waals surface area contributed by atoms with Crippen molar-refractivity contribution in [1.29, 1.82) is 0 Å². The number of sulfonamides is 1. The molecule has 1 atom stereocenters. The van der Waals surface area contributed by atoms with Crippen LogP contribution in [0.15, 0.2) is 47.9 Å². The lowest BCUT2D eigenvalue weighted by atomic mass is 10.1. The predicted octanol–water partition coefficient (Wildman–Crippen LogP) is 3.82. The molecule has 0 saturated heterocycles. The Morgan fingerprint density at radius 2 is 2.11 bits per heavy atom. The average Bonchev–Trinajstić information content (AvgIpc) is 3.29. The fourth-order valence-corrected chi connectivity index (χ4v) is 4.81. The van der Waals surface area contributed by atoms with Gasteiger partial charge in [0.2, 0.25) is 10.0 Å². The number of nitrogens with zero attached hydrogens (tertiary/aromatic N) is 2. The maximum Gasteiger partial charge on any atom is 0.228 e. The molecule has 0 fully saturated rings. The highest BCUT2D eigenvalue weighted by Crippen LogP contribution is 2.38. The zero-order chi connectivity index (χ0) is 19.2. The summed E-state index contributed by atoms with van der Waals surface area (Å²) in [4.78, 5) is 5.39. The van der Waals surface area contributed by atoms with Gasteiger partial charge in [0.15, 0.2) is 0 Å². The number of hydrogen-bond acceptors (Lipinski definition) is 6. The monoisotopic (exact) mass is 421 g/mol. The van der Waals surface area contributed by atoms with E-state index in [1.807, 2.05) is 41.8 Å². The van der Waals surface area contributed by atoms with Crippen molar-refractivity contribution in [2.45, 2.75) is 6.04 Å². The van der Waals surface area contributed by atoms with E-state index in [9.17, 15) is 8.42 Å². The van der Waals surface area contributed by atoms with Gasteiger partial charge in [0.1, 0.15) is 10.9 Å². The summed E-state index contributed by atoms with van der Waals surface area (Å²) in [5.41, 5.74) is 5.01. The Labute approximate surface area is 166 Å². The van der Waals surface area contributed by atoms with Crippen LogP contribution in [0.5, 0.6) is 5.75 Å². The summed E-state index contributed by atoms with van der Waals surface area (Å²) in [6, 6.07) is 10.6. The van der Waals surface area contributed by atoms with Crippen molar-refractivity contribution in [2.75, 3.05) is 13.4 Å². The molecule has 0 bridgehead atoms. The van der Waals surface area contributed by atoms with Crippen molar-refractivity contribution in [3.8, 4) is 5.75 Å². The third-order valence-corrected chi connectivity index (χ3v) is 6.51. The lowest BCUT2D eigenvalue weighted by Gasteiger charge is -2.23.